The van der Waals surface area contributed by atoms with Gasteiger partial charge in [-0.3, -0.25) is 0 Å². The van der Waals surface area contributed by atoms with Crippen molar-refractivity contribution in [3.05, 3.63) is 23.8 Å². The summed E-state index contributed by atoms with van der Waals surface area (Å²) in [6.07, 6.45) is 6.81. The lowest BCUT2D eigenvalue weighted by Gasteiger charge is -2.28. The standard InChI is InChI=1S/C15H24N2/c1-3-15(8-4-5-9-15)11-17-14-10-13(16)7-6-12(14)2/h6-7,10,17H,3-5,8-9,11,16H2,1-2H3. The minimum atomic E-state index is 0.525. The smallest absolute Gasteiger partial charge is 0.0390 e. The summed E-state index contributed by atoms with van der Waals surface area (Å²) in [5.74, 6) is 0. The van der Waals surface area contributed by atoms with E-state index in [0.717, 1.165) is 12.2 Å². The number of hydrogen-bond acceptors (Lipinski definition) is 2. The van der Waals surface area contributed by atoms with E-state index in [1.807, 2.05) is 12.1 Å². The Morgan fingerprint density at radius 2 is 2.00 bits per heavy atom. The maximum absolute atomic E-state index is 5.84. The molecule has 2 nitrogen and oxygen atoms in total. The molecule has 0 saturated heterocycles. The van der Waals surface area contributed by atoms with Crippen molar-refractivity contribution in [2.75, 3.05) is 17.6 Å². The van der Waals surface area contributed by atoms with Crippen LogP contribution in [0.2, 0.25) is 0 Å². The molecule has 1 aromatic carbocycles. The Bertz CT molecular complexity index is 379. The fourth-order valence-corrected chi connectivity index (χ4v) is 2.89. The number of anilines is 2. The molecule has 0 radical (unpaired) electrons. The summed E-state index contributed by atoms with van der Waals surface area (Å²) in [5.41, 5.74) is 9.68. The molecule has 3 N–H and O–H groups in total. The van der Waals surface area contributed by atoms with E-state index in [9.17, 15) is 0 Å². The highest BCUT2D eigenvalue weighted by Gasteiger charge is 2.31. The van der Waals surface area contributed by atoms with Gasteiger partial charge in [0.05, 0.1) is 0 Å². The summed E-state index contributed by atoms with van der Waals surface area (Å²) >= 11 is 0. The van der Waals surface area contributed by atoms with E-state index in [4.69, 9.17) is 5.73 Å². The first-order valence-corrected chi connectivity index (χ1v) is 6.75. The molecule has 1 aromatic rings. The monoisotopic (exact) mass is 232 g/mol. The zero-order chi connectivity index (χ0) is 12.3. The molecular formula is C15H24N2. The average Bonchev–Trinajstić information content (AvgIpc) is 2.80. The molecule has 1 aliphatic rings. The fraction of sp³-hybridized carbons (Fsp3) is 0.600. The molecule has 17 heavy (non-hydrogen) atoms. The lowest BCUT2D eigenvalue weighted by molar-refractivity contribution is 0.307. The second-order valence-corrected chi connectivity index (χ2v) is 5.49. The molecule has 0 heterocycles. The Morgan fingerprint density at radius 3 is 2.65 bits per heavy atom. The van der Waals surface area contributed by atoms with E-state index in [1.54, 1.807) is 0 Å². The van der Waals surface area contributed by atoms with Crippen LogP contribution in [-0.4, -0.2) is 6.54 Å². The van der Waals surface area contributed by atoms with Crippen molar-refractivity contribution in [3.63, 3.8) is 0 Å². The van der Waals surface area contributed by atoms with Crippen LogP contribution in [0.4, 0.5) is 11.4 Å². The molecule has 1 aliphatic carbocycles. The highest BCUT2D eigenvalue weighted by atomic mass is 14.9. The normalized spacial score (nSPS) is 18.2. The number of nitrogens with two attached hydrogens (primary N) is 1. The van der Waals surface area contributed by atoms with Gasteiger partial charge in [0, 0.05) is 17.9 Å². The maximum atomic E-state index is 5.84. The Morgan fingerprint density at radius 1 is 1.29 bits per heavy atom. The van der Waals surface area contributed by atoms with E-state index in [-0.39, 0.29) is 0 Å². The second kappa shape index (κ2) is 4.99. The molecule has 1 saturated carbocycles. The van der Waals surface area contributed by atoms with Gasteiger partial charge >= 0.3 is 0 Å². The van der Waals surface area contributed by atoms with E-state index in [0.29, 0.717) is 5.41 Å². The molecule has 0 bridgehead atoms. The van der Waals surface area contributed by atoms with Crippen LogP contribution in [0.3, 0.4) is 0 Å². The van der Waals surface area contributed by atoms with Crippen LogP contribution in [-0.2, 0) is 0 Å². The number of rotatable bonds is 4. The Hall–Kier alpha value is -1.18. The third kappa shape index (κ3) is 2.74. The van der Waals surface area contributed by atoms with Crippen LogP contribution < -0.4 is 11.1 Å². The lowest BCUT2D eigenvalue weighted by atomic mass is 9.83. The lowest BCUT2D eigenvalue weighted by Crippen LogP contribution is -2.26. The molecule has 0 unspecified atom stereocenters. The zero-order valence-corrected chi connectivity index (χ0v) is 11.1. The number of hydrogen-bond donors (Lipinski definition) is 2. The van der Waals surface area contributed by atoms with Gasteiger partial charge in [0.25, 0.3) is 0 Å². The number of benzene rings is 1. The van der Waals surface area contributed by atoms with E-state index in [2.05, 4.69) is 25.2 Å². The van der Waals surface area contributed by atoms with Gasteiger partial charge in [-0.25, -0.2) is 0 Å². The average molecular weight is 232 g/mol. The van der Waals surface area contributed by atoms with Crippen molar-refractivity contribution in [1.82, 2.24) is 0 Å². The molecular weight excluding hydrogens is 208 g/mol. The molecule has 0 aromatic heterocycles. The molecule has 1 fully saturated rings. The van der Waals surface area contributed by atoms with Gasteiger partial charge in [0.15, 0.2) is 0 Å². The number of aryl methyl sites for hydroxylation is 1. The molecule has 0 spiro atoms. The third-order valence-corrected chi connectivity index (χ3v) is 4.33. The first-order valence-electron chi connectivity index (χ1n) is 6.75. The van der Waals surface area contributed by atoms with Gasteiger partial charge in [-0.15, -0.1) is 0 Å². The van der Waals surface area contributed by atoms with Crippen molar-refractivity contribution < 1.29 is 0 Å². The van der Waals surface area contributed by atoms with Gasteiger partial charge < -0.3 is 11.1 Å². The molecule has 0 atom stereocenters. The van der Waals surface area contributed by atoms with Crippen molar-refractivity contribution >= 4 is 11.4 Å². The fourth-order valence-electron chi connectivity index (χ4n) is 2.89. The highest BCUT2D eigenvalue weighted by molar-refractivity contribution is 5.59. The summed E-state index contributed by atoms with van der Waals surface area (Å²) in [6, 6.07) is 6.10. The summed E-state index contributed by atoms with van der Waals surface area (Å²) in [6.45, 7) is 5.54. The van der Waals surface area contributed by atoms with Crippen molar-refractivity contribution in [2.24, 2.45) is 5.41 Å². The minimum Gasteiger partial charge on any atom is -0.399 e. The zero-order valence-electron chi connectivity index (χ0n) is 11.1. The van der Waals surface area contributed by atoms with Gasteiger partial charge in [-0.1, -0.05) is 25.8 Å². The van der Waals surface area contributed by atoms with Crippen LogP contribution in [0.1, 0.15) is 44.6 Å². The molecule has 2 rings (SSSR count). The van der Waals surface area contributed by atoms with E-state index in [1.165, 1.54) is 43.4 Å². The summed E-state index contributed by atoms with van der Waals surface area (Å²) in [4.78, 5) is 0. The Labute approximate surface area is 105 Å². The van der Waals surface area contributed by atoms with Crippen LogP contribution in [0, 0.1) is 12.3 Å². The predicted octanol–water partition coefficient (Wildman–Crippen LogP) is 3.96. The van der Waals surface area contributed by atoms with Crippen LogP contribution in [0.15, 0.2) is 18.2 Å². The molecule has 2 heteroatoms. The summed E-state index contributed by atoms with van der Waals surface area (Å²) in [5, 5.41) is 3.61. The largest absolute Gasteiger partial charge is 0.399 e. The van der Waals surface area contributed by atoms with Crippen molar-refractivity contribution in [3.8, 4) is 0 Å². The van der Waals surface area contributed by atoms with E-state index < -0.39 is 0 Å². The third-order valence-electron chi connectivity index (χ3n) is 4.33. The van der Waals surface area contributed by atoms with Gasteiger partial charge in [0.2, 0.25) is 0 Å². The molecule has 94 valence electrons. The maximum Gasteiger partial charge on any atom is 0.0390 e. The first-order chi connectivity index (χ1) is 8.15. The van der Waals surface area contributed by atoms with Crippen LogP contribution in [0.25, 0.3) is 0 Å². The van der Waals surface area contributed by atoms with Crippen LogP contribution >= 0.6 is 0 Å². The Kier molecular flexibility index (Phi) is 3.60. The molecule has 0 amide bonds. The topological polar surface area (TPSA) is 38.0 Å². The van der Waals surface area contributed by atoms with Gasteiger partial charge in [0.1, 0.15) is 0 Å². The van der Waals surface area contributed by atoms with Gasteiger partial charge in [-0.05, 0) is 49.3 Å². The highest BCUT2D eigenvalue weighted by Crippen LogP contribution is 2.41. The second-order valence-electron chi connectivity index (χ2n) is 5.49. The number of nitrogens with one attached hydrogen (secondary N) is 1. The molecule has 0 aliphatic heterocycles. The van der Waals surface area contributed by atoms with Gasteiger partial charge in [-0.2, -0.15) is 0 Å². The summed E-state index contributed by atoms with van der Waals surface area (Å²) in [7, 11) is 0. The first kappa shape index (κ1) is 12.3. The SMILES string of the molecule is CCC1(CNc2cc(N)ccc2C)CCCC1. The minimum absolute atomic E-state index is 0.525. The summed E-state index contributed by atoms with van der Waals surface area (Å²) < 4.78 is 0. The van der Waals surface area contributed by atoms with Crippen molar-refractivity contribution in [2.45, 2.75) is 46.0 Å². The van der Waals surface area contributed by atoms with Crippen LogP contribution in [0.5, 0.6) is 0 Å². The number of nitrogen functional groups attached to an aromatic ring is 1. The Balaban J connectivity index is 2.03. The van der Waals surface area contributed by atoms with Crippen molar-refractivity contribution in [1.29, 1.82) is 0 Å². The quantitative estimate of drug-likeness (QED) is 0.771. The van der Waals surface area contributed by atoms with E-state index >= 15 is 0 Å². The predicted molar refractivity (Wildman–Crippen MR) is 75.3 cm³/mol.